The third-order valence-corrected chi connectivity index (χ3v) is 3.09. The molecule has 1 aliphatic carbocycles. The van der Waals surface area contributed by atoms with E-state index in [0.29, 0.717) is 5.92 Å². The average Bonchev–Trinajstić information content (AvgIpc) is 3.11. The second-order valence-electron chi connectivity index (χ2n) is 4.66. The monoisotopic (exact) mass is 270 g/mol. The molecule has 1 aliphatic rings. The number of rotatable bonds is 4. The van der Waals surface area contributed by atoms with E-state index in [9.17, 15) is 9.90 Å². The van der Waals surface area contributed by atoms with Crippen molar-refractivity contribution in [2.24, 2.45) is 11.7 Å². The molecule has 1 aromatic carbocycles. The SMILES string of the molecule is CC(=O)Nc1ccc([C@H](N)[C@H](O)C2CC2)cc1.Cl. The van der Waals surface area contributed by atoms with Crippen LogP contribution in [-0.2, 0) is 4.79 Å². The van der Waals surface area contributed by atoms with Crippen LogP contribution in [0.4, 0.5) is 5.69 Å². The number of aliphatic hydroxyl groups is 1. The zero-order valence-corrected chi connectivity index (χ0v) is 11.1. The molecule has 0 aliphatic heterocycles. The van der Waals surface area contributed by atoms with Crippen molar-refractivity contribution in [1.82, 2.24) is 0 Å². The van der Waals surface area contributed by atoms with E-state index >= 15 is 0 Å². The van der Waals surface area contributed by atoms with E-state index in [1.54, 1.807) is 12.1 Å². The van der Waals surface area contributed by atoms with Crippen LogP contribution in [-0.4, -0.2) is 17.1 Å². The number of nitrogens with two attached hydrogens (primary N) is 1. The van der Waals surface area contributed by atoms with Gasteiger partial charge in [-0.1, -0.05) is 12.1 Å². The summed E-state index contributed by atoms with van der Waals surface area (Å²) < 4.78 is 0. The molecule has 1 amide bonds. The molecular formula is C13H19ClN2O2. The van der Waals surface area contributed by atoms with Gasteiger partial charge in [0.1, 0.15) is 0 Å². The molecule has 1 aromatic rings. The van der Waals surface area contributed by atoms with E-state index in [2.05, 4.69) is 5.32 Å². The smallest absolute Gasteiger partial charge is 0.221 e. The summed E-state index contributed by atoms with van der Waals surface area (Å²) in [6.07, 6.45) is 1.68. The summed E-state index contributed by atoms with van der Waals surface area (Å²) in [7, 11) is 0. The molecule has 5 heteroatoms. The Morgan fingerprint density at radius 2 is 1.94 bits per heavy atom. The molecule has 0 bridgehead atoms. The lowest BCUT2D eigenvalue weighted by atomic mass is 9.99. The van der Waals surface area contributed by atoms with E-state index < -0.39 is 6.10 Å². The zero-order valence-electron chi connectivity index (χ0n) is 10.3. The van der Waals surface area contributed by atoms with Crippen molar-refractivity contribution < 1.29 is 9.90 Å². The molecule has 2 rings (SSSR count). The van der Waals surface area contributed by atoms with Gasteiger partial charge in [-0.2, -0.15) is 0 Å². The van der Waals surface area contributed by atoms with Crippen LogP contribution >= 0.6 is 12.4 Å². The molecule has 0 spiro atoms. The van der Waals surface area contributed by atoms with Gasteiger partial charge in [-0.15, -0.1) is 12.4 Å². The molecule has 0 heterocycles. The maximum absolute atomic E-state index is 10.9. The summed E-state index contributed by atoms with van der Waals surface area (Å²) in [4.78, 5) is 10.9. The quantitative estimate of drug-likeness (QED) is 0.781. The molecule has 2 atom stereocenters. The molecule has 100 valence electrons. The highest BCUT2D eigenvalue weighted by Crippen LogP contribution is 2.37. The maximum atomic E-state index is 10.9. The third kappa shape index (κ3) is 3.70. The molecule has 0 radical (unpaired) electrons. The van der Waals surface area contributed by atoms with Crippen LogP contribution in [0, 0.1) is 5.92 Å². The Kier molecular flexibility index (Phi) is 5.14. The number of hydrogen-bond acceptors (Lipinski definition) is 3. The predicted molar refractivity (Wildman–Crippen MR) is 73.7 cm³/mol. The summed E-state index contributed by atoms with van der Waals surface area (Å²) >= 11 is 0. The highest BCUT2D eigenvalue weighted by Gasteiger charge is 2.34. The first-order chi connectivity index (χ1) is 8.08. The number of benzene rings is 1. The van der Waals surface area contributed by atoms with Crippen LogP contribution in [0.2, 0.25) is 0 Å². The lowest BCUT2D eigenvalue weighted by Crippen LogP contribution is -2.27. The number of hydrogen-bond donors (Lipinski definition) is 3. The Hall–Kier alpha value is -1.10. The fourth-order valence-corrected chi connectivity index (χ4v) is 1.92. The summed E-state index contributed by atoms with van der Waals surface area (Å²) in [6.45, 7) is 1.47. The van der Waals surface area contributed by atoms with Crippen molar-refractivity contribution in [2.75, 3.05) is 5.32 Å². The minimum atomic E-state index is -0.457. The lowest BCUT2D eigenvalue weighted by molar-refractivity contribution is -0.114. The van der Waals surface area contributed by atoms with Crippen molar-refractivity contribution in [3.8, 4) is 0 Å². The van der Waals surface area contributed by atoms with Gasteiger partial charge in [-0.05, 0) is 36.5 Å². The molecule has 18 heavy (non-hydrogen) atoms. The number of carbonyl (C=O) groups excluding carboxylic acids is 1. The van der Waals surface area contributed by atoms with Crippen LogP contribution in [0.5, 0.6) is 0 Å². The van der Waals surface area contributed by atoms with Crippen LogP contribution in [0.25, 0.3) is 0 Å². The van der Waals surface area contributed by atoms with Crippen molar-refractivity contribution >= 4 is 24.0 Å². The van der Waals surface area contributed by atoms with Gasteiger partial charge in [0, 0.05) is 12.6 Å². The second-order valence-corrected chi connectivity index (χ2v) is 4.66. The first-order valence-corrected chi connectivity index (χ1v) is 5.89. The Bertz CT molecular complexity index is 404. The summed E-state index contributed by atoms with van der Waals surface area (Å²) in [6, 6.07) is 6.96. The highest BCUT2D eigenvalue weighted by molar-refractivity contribution is 5.88. The topological polar surface area (TPSA) is 75.4 Å². The number of halogens is 1. The molecule has 0 unspecified atom stereocenters. The third-order valence-electron chi connectivity index (χ3n) is 3.09. The first kappa shape index (κ1) is 15.0. The maximum Gasteiger partial charge on any atom is 0.221 e. The number of aliphatic hydroxyl groups excluding tert-OH is 1. The van der Waals surface area contributed by atoms with Gasteiger partial charge in [0.05, 0.1) is 12.1 Å². The second kappa shape index (κ2) is 6.18. The van der Waals surface area contributed by atoms with Crippen molar-refractivity contribution in [3.05, 3.63) is 29.8 Å². The zero-order chi connectivity index (χ0) is 12.4. The molecule has 0 saturated heterocycles. The Balaban J connectivity index is 0.00000162. The van der Waals surface area contributed by atoms with Crippen molar-refractivity contribution in [1.29, 1.82) is 0 Å². The number of anilines is 1. The van der Waals surface area contributed by atoms with E-state index in [1.165, 1.54) is 6.92 Å². The fraction of sp³-hybridized carbons (Fsp3) is 0.462. The number of amides is 1. The number of carbonyl (C=O) groups is 1. The largest absolute Gasteiger partial charge is 0.391 e. The molecular weight excluding hydrogens is 252 g/mol. The van der Waals surface area contributed by atoms with Crippen molar-refractivity contribution in [3.63, 3.8) is 0 Å². The van der Waals surface area contributed by atoms with Crippen LogP contribution in [0.3, 0.4) is 0 Å². The Morgan fingerprint density at radius 3 is 2.39 bits per heavy atom. The van der Waals surface area contributed by atoms with Crippen LogP contribution < -0.4 is 11.1 Å². The normalized spacial score (nSPS) is 17.5. The van der Waals surface area contributed by atoms with Crippen LogP contribution in [0.1, 0.15) is 31.4 Å². The van der Waals surface area contributed by atoms with Gasteiger partial charge in [-0.25, -0.2) is 0 Å². The minimum absolute atomic E-state index is 0. The van der Waals surface area contributed by atoms with E-state index in [4.69, 9.17) is 5.73 Å². The van der Waals surface area contributed by atoms with Crippen molar-refractivity contribution in [2.45, 2.75) is 31.9 Å². The van der Waals surface area contributed by atoms with Gasteiger partial charge >= 0.3 is 0 Å². The van der Waals surface area contributed by atoms with Crippen LogP contribution in [0.15, 0.2) is 24.3 Å². The molecule has 1 saturated carbocycles. The minimum Gasteiger partial charge on any atom is -0.391 e. The summed E-state index contributed by atoms with van der Waals surface area (Å²) in [5.74, 6) is 0.264. The highest BCUT2D eigenvalue weighted by atomic mass is 35.5. The van der Waals surface area contributed by atoms with E-state index in [0.717, 1.165) is 24.1 Å². The average molecular weight is 271 g/mol. The fourth-order valence-electron chi connectivity index (χ4n) is 1.92. The van der Waals surface area contributed by atoms with E-state index in [1.807, 2.05) is 12.1 Å². The Labute approximate surface area is 113 Å². The Morgan fingerprint density at radius 1 is 1.39 bits per heavy atom. The standard InChI is InChI=1S/C13H18N2O2.ClH/c1-8(16)15-11-6-4-9(5-7-11)12(14)13(17)10-2-3-10;/h4-7,10,12-13,17H,2-3,14H2,1H3,(H,15,16);1H/t12-,13+;/m0./s1. The summed E-state index contributed by atoms with van der Waals surface area (Å²) in [5.41, 5.74) is 7.64. The van der Waals surface area contributed by atoms with Gasteiger partial charge in [-0.3, -0.25) is 4.79 Å². The lowest BCUT2D eigenvalue weighted by Gasteiger charge is -2.19. The van der Waals surface area contributed by atoms with Gasteiger partial charge in [0.2, 0.25) is 5.91 Å². The summed E-state index contributed by atoms with van der Waals surface area (Å²) in [5, 5.41) is 12.6. The number of nitrogens with one attached hydrogen (secondary N) is 1. The molecule has 4 nitrogen and oxygen atoms in total. The first-order valence-electron chi connectivity index (χ1n) is 5.89. The molecule has 0 aromatic heterocycles. The van der Waals surface area contributed by atoms with Gasteiger partial charge in [0.25, 0.3) is 0 Å². The van der Waals surface area contributed by atoms with Gasteiger partial charge in [0.15, 0.2) is 0 Å². The molecule has 1 fully saturated rings. The predicted octanol–water partition coefficient (Wildman–Crippen LogP) is 1.84. The van der Waals surface area contributed by atoms with E-state index in [-0.39, 0.29) is 24.4 Å². The van der Waals surface area contributed by atoms with Gasteiger partial charge < -0.3 is 16.2 Å². The molecule has 4 N–H and O–H groups in total.